The van der Waals surface area contributed by atoms with Gasteiger partial charge in [-0.05, 0) is 54.0 Å². The van der Waals surface area contributed by atoms with Gasteiger partial charge in [-0.1, -0.05) is 12.1 Å². The third-order valence-electron chi connectivity index (χ3n) is 4.87. The Balaban J connectivity index is 1.52. The topological polar surface area (TPSA) is 32.7 Å². The van der Waals surface area contributed by atoms with Gasteiger partial charge in [-0.2, -0.15) is 0 Å². The van der Waals surface area contributed by atoms with Crippen LogP contribution in [0.4, 0.5) is 0 Å². The first-order chi connectivity index (χ1) is 10.8. The standard InChI is InChI=1S/C18H21NO2S/c20-14-5-3-13-4-6-17-18(16(13)12-14)21-10-9-19(17)8-7-15-2-1-11-22-15/h1-3,5,11-12,17-18,20H,4,6-10H2/t17-,18-/m1/s1. The summed E-state index contributed by atoms with van der Waals surface area (Å²) >= 11 is 1.84. The number of rotatable bonds is 3. The highest BCUT2D eigenvalue weighted by molar-refractivity contribution is 7.09. The summed E-state index contributed by atoms with van der Waals surface area (Å²) in [6, 6.07) is 10.5. The summed E-state index contributed by atoms with van der Waals surface area (Å²) in [6.07, 6.45) is 3.46. The van der Waals surface area contributed by atoms with E-state index in [1.807, 2.05) is 17.4 Å². The van der Waals surface area contributed by atoms with Crippen molar-refractivity contribution in [1.82, 2.24) is 4.90 Å². The fraction of sp³-hybridized carbons (Fsp3) is 0.444. The predicted octanol–water partition coefficient (Wildman–Crippen LogP) is 3.38. The minimum atomic E-state index is 0.118. The molecule has 1 N–H and O–H groups in total. The number of hydrogen-bond acceptors (Lipinski definition) is 4. The first kappa shape index (κ1) is 14.2. The van der Waals surface area contributed by atoms with E-state index in [0.717, 1.165) is 39.0 Å². The number of morpholine rings is 1. The van der Waals surface area contributed by atoms with Crippen LogP contribution in [0.25, 0.3) is 0 Å². The number of nitrogens with zero attached hydrogens (tertiary/aromatic N) is 1. The van der Waals surface area contributed by atoms with Gasteiger partial charge in [0.15, 0.2) is 0 Å². The largest absolute Gasteiger partial charge is 0.508 e. The molecule has 1 saturated heterocycles. The number of hydrogen-bond donors (Lipinski definition) is 1. The van der Waals surface area contributed by atoms with Crippen molar-refractivity contribution in [3.63, 3.8) is 0 Å². The maximum atomic E-state index is 9.80. The number of aryl methyl sites for hydroxylation is 1. The number of fused-ring (bicyclic) bond motifs is 3. The molecule has 0 spiro atoms. The molecule has 0 amide bonds. The zero-order chi connectivity index (χ0) is 14.9. The second-order valence-corrected chi connectivity index (χ2v) is 7.18. The first-order valence-corrected chi connectivity index (χ1v) is 8.89. The van der Waals surface area contributed by atoms with Gasteiger partial charge in [0.1, 0.15) is 5.75 Å². The highest BCUT2D eigenvalue weighted by Crippen LogP contribution is 2.39. The molecule has 0 unspecified atom stereocenters. The Morgan fingerprint density at radius 1 is 1.32 bits per heavy atom. The lowest BCUT2D eigenvalue weighted by molar-refractivity contribution is -0.0798. The molecule has 116 valence electrons. The number of benzene rings is 1. The van der Waals surface area contributed by atoms with E-state index in [0.29, 0.717) is 11.8 Å². The van der Waals surface area contributed by atoms with Crippen LogP contribution in [0.15, 0.2) is 35.7 Å². The summed E-state index contributed by atoms with van der Waals surface area (Å²) in [5.74, 6) is 0.346. The monoisotopic (exact) mass is 315 g/mol. The van der Waals surface area contributed by atoms with Gasteiger partial charge in [-0.25, -0.2) is 0 Å². The molecule has 2 heterocycles. The van der Waals surface area contributed by atoms with Crippen molar-refractivity contribution in [3.05, 3.63) is 51.7 Å². The third-order valence-corrected chi connectivity index (χ3v) is 5.80. The van der Waals surface area contributed by atoms with Crippen LogP contribution in [0.2, 0.25) is 0 Å². The molecule has 2 aliphatic rings. The van der Waals surface area contributed by atoms with Gasteiger partial charge in [0, 0.05) is 24.0 Å². The molecule has 2 aromatic rings. The first-order valence-electron chi connectivity index (χ1n) is 8.01. The molecule has 3 nitrogen and oxygen atoms in total. The van der Waals surface area contributed by atoms with Crippen LogP contribution in [0, 0.1) is 0 Å². The van der Waals surface area contributed by atoms with Crippen molar-refractivity contribution in [2.75, 3.05) is 19.7 Å². The van der Waals surface area contributed by atoms with Gasteiger partial charge in [0.05, 0.1) is 12.7 Å². The van der Waals surface area contributed by atoms with Crippen molar-refractivity contribution in [2.45, 2.75) is 31.4 Å². The van der Waals surface area contributed by atoms with Crippen molar-refractivity contribution in [1.29, 1.82) is 0 Å². The molecular formula is C18H21NO2S. The summed E-state index contributed by atoms with van der Waals surface area (Å²) < 4.78 is 6.08. The third kappa shape index (κ3) is 2.67. The second kappa shape index (κ2) is 6.03. The Kier molecular flexibility index (Phi) is 3.90. The maximum Gasteiger partial charge on any atom is 0.115 e. The van der Waals surface area contributed by atoms with Gasteiger partial charge in [0.25, 0.3) is 0 Å². The van der Waals surface area contributed by atoms with Crippen LogP contribution in [-0.4, -0.2) is 35.7 Å². The fourth-order valence-electron chi connectivity index (χ4n) is 3.76. The molecule has 4 rings (SSSR count). The average Bonchev–Trinajstić information content (AvgIpc) is 3.06. The van der Waals surface area contributed by atoms with Gasteiger partial charge >= 0.3 is 0 Å². The summed E-state index contributed by atoms with van der Waals surface area (Å²) in [5.41, 5.74) is 2.52. The molecule has 4 heteroatoms. The Morgan fingerprint density at radius 2 is 2.27 bits per heavy atom. The summed E-state index contributed by atoms with van der Waals surface area (Å²) in [5, 5.41) is 12.0. The molecule has 0 bridgehead atoms. The quantitative estimate of drug-likeness (QED) is 0.942. The summed E-state index contributed by atoms with van der Waals surface area (Å²) in [6.45, 7) is 2.89. The minimum Gasteiger partial charge on any atom is -0.508 e. The molecule has 2 atom stereocenters. The molecule has 1 aromatic heterocycles. The van der Waals surface area contributed by atoms with Crippen LogP contribution in [0.5, 0.6) is 5.75 Å². The average molecular weight is 315 g/mol. The maximum absolute atomic E-state index is 9.80. The van der Waals surface area contributed by atoms with Crippen molar-refractivity contribution < 1.29 is 9.84 Å². The van der Waals surface area contributed by atoms with Gasteiger partial charge in [-0.3, -0.25) is 4.90 Å². The number of phenols is 1. The SMILES string of the molecule is Oc1ccc2c(c1)[C@H]1OCCN(CCc3cccs3)[C@@H]1CC2. The fourth-order valence-corrected chi connectivity index (χ4v) is 4.46. The Labute approximate surface area is 135 Å². The normalized spacial score (nSPS) is 24.7. The molecule has 0 radical (unpaired) electrons. The number of phenolic OH excluding ortho intramolecular Hbond substituents is 1. The smallest absolute Gasteiger partial charge is 0.115 e. The molecule has 1 aliphatic heterocycles. The summed E-state index contributed by atoms with van der Waals surface area (Å²) in [4.78, 5) is 4.04. The van der Waals surface area contributed by atoms with E-state index in [9.17, 15) is 5.11 Å². The van der Waals surface area contributed by atoms with E-state index >= 15 is 0 Å². The van der Waals surface area contributed by atoms with Gasteiger partial charge in [0.2, 0.25) is 0 Å². The lowest BCUT2D eigenvalue weighted by Gasteiger charge is -2.44. The lowest BCUT2D eigenvalue weighted by atomic mass is 9.84. The van der Waals surface area contributed by atoms with Crippen LogP contribution in [0.1, 0.15) is 28.5 Å². The number of ether oxygens (including phenoxy) is 1. The Morgan fingerprint density at radius 3 is 3.14 bits per heavy atom. The van der Waals surface area contributed by atoms with Crippen molar-refractivity contribution in [2.24, 2.45) is 0 Å². The van der Waals surface area contributed by atoms with E-state index in [4.69, 9.17) is 4.74 Å². The van der Waals surface area contributed by atoms with Crippen LogP contribution in [-0.2, 0) is 17.6 Å². The second-order valence-electron chi connectivity index (χ2n) is 6.15. The predicted molar refractivity (Wildman–Crippen MR) is 88.5 cm³/mol. The van der Waals surface area contributed by atoms with Gasteiger partial charge in [-0.15, -0.1) is 11.3 Å². The number of aromatic hydroxyl groups is 1. The van der Waals surface area contributed by atoms with Crippen LogP contribution in [0.3, 0.4) is 0 Å². The molecule has 0 saturated carbocycles. The molecule has 1 aromatic carbocycles. The van der Waals surface area contributed by atoms with Crippen LogP contribution < -0.4 is 0 Å². The van der Waals surface area contributed by atoms with Crippen molar-refractivity contribution in [3.8, 4) is 5.75 Å². The molecule has 1 aliphatic carbocycles. The lowest BCUT2D eigenvalue weighted by Crippen LogP contribution is -2.49. The Bertz CT molecular complexity index is 641. The van der Waals surface area contributed by atoms with E-state index in [1.165, 1.54) is 16.0 Å². The van der Waals surface area contributed by atoms with E-state index < -0.39 is 0 Å². The summed E-state index contributed by atoms with van der Waals surface area (Å²) in [7, 11) is 0. The zero-order valence-corrected chi connectivity index (χ0v) is 13.4. The van der Waals surface area contributed by atoms with Crippen molar-refractivity contribution >= 4 is 11.3 Å². The molecular weight excluding hydrogens is 294 g/mol. The number of thiophene rings is 1. The van der Waals surface area contributed by atoms with Crippen LogP contribution >= 0.6 is 11.3 Å². The van der Waals surface area contributed by atoms with E-state index in [1.54, 1.807) is 6.07 Å². The van der Waals surface area contributed by atoms with E-state index in [2.05, 4.69) is 28.5 Å². The highest BCUT2D eigenvalue weighted by Gasteiger charge is 2.37. The zero-order valence-electron chi connectivity index (χ0n) is 12.6. The molecule has 22 heavy (non-hydrogen) atoms. The van der Waals surface area contributed by atoms with Gasteiger partial charge < -0.3 is 9.84 Å². The van der Waals surface area contributed by atoms with E-state index in [-0.39, 0.29) is 6.10 Å². The molecule has 1 fully saturated rings. The highest BCUT2D eigenvalue weighted by atomic mass is 32.1. The minimum absolute atomic E-state index is 0.118. The Hall–Kier alpha value is -1.36.